The fraction of sp³-hybridized carbons (Fsp3) is 0.278. The first-order valence-corrected chi connectivity index (χ1v) is 7.60. The number of rotatable bonds is 4. The SMILES string of the molecule is COC(=O)c1ccc2c3c(cccc13)C(=O)N(CCN(C)C)C2=O.Cl. The van der Waals surface area contributed by atoms with Crippen LogP contribution in [-0.2, 0) is 4.74 Å². The Kier molecular flexibility index (Phi) is 5.45. The number of hydrogen-bond acceptors (Lipinski definition) is 5. The van der Waals surface area contributed by atoms with Crippen molar-refractivity contribution in [3.05, 3.63) is 47.0 Å². The summed E-state index contributed by atoms with van der Waals surface area (Å²) in [6.07, 6.45) is 0. The minimum atomic E-state index is -0.492. The van der Waals surface area contributed by atoms with Gasteiger partial charge in [0.2, 0.25) is 0 Å². The third kappa shape index (κ3) is 3.10. The highest BCUT2D eigenvalue weighted by atomic mass is 35.5. The molecule has 2 aromatic rings. The molecule has 1 aliphatic rings. The molecule has 132 valence electrons. The molecule has 25 heavy (non-hydrogen) atoms. The zero-order chi connectivity index (χ0) is 17.4. The van der Waals surface area contributed by atoms with Crippen LogP contribution in [0.25, 0.3) is 10.8 Å². The van der Waals surface area contributed by atoms with Gasteiger partial charge in [-0.1, -0.05) is 12.1 Å². The van der Waals surface area contributed by atoms with Crippen molar-refractivity contribution in [3.63, 3.8) is 0 Å². The number of esters is 1. The van der Waals surface area contributed by atoms with Gasteiger partial charge in [0.1, 0.15) is 0 Å². The maximum absolute atomic E-state index is 12.7. The van der Waals surface area contributed by atoms with Gasteiger partial charge in [-0.05, 0) is 37.7 Å². The van der Waals surface area contributed by atoms with Gasteiger partial charge < -0.3 is 9.64 Å². The largest absolute Gasteiger partial charge is 0.465 e. The van der Waals surface area contributed by atoms with E-state index in [0.717, 1.165) is 0 Å². The molecule has 0 atom stereocenters. The van der Waals surface area contributed by atoms with Gasteiger partial charge in [0.05, 0.1) is 12.7 Å². The topological polar surface area (TPSA) is 66.9 Å². The zero-order valence-electron chi connectivity index (χ0n) is 14.2. The fourth-order valence-electron chi connectivity index (χ4n) is 2.94. The van der Waals surface area contributed by atoms with Crippen molar-refractivity contribution in [2.24, 2.45) is 0 Å². The second-order valence-corrected chi connectivity index (χ2v) is 5.95. The van der Waals surface area contributed by atoms with Gasteiger partial charge in [-0.15, -0.1) is 12.4 Å². The van der Waals surface area contributed by atoms with E-state index in [1.54, 1.807) is 30.3 Å². The van der Waals surface area contributed by atoms with E-state index in [-0.39, 0.29) is 24.2 Å². The number of carbonyl (C=O) groups is 3. The Bertz CT molecular complexity index is 841. The predicted octanol–water partition coefficient (Wildman–Crippen LogP) is 2.21. The molecule has 0 unspecified atom stereocenters. The number of nitrogens with zero attached hydrogens (tertiary/aromatic N) is 2. The number of ether oxygens (including phenoxy) is 1. The third-order valence-corrected chi connectivity index (χ3v) is 4.17. The minimum Gasteiger partial charge on any atom is -0.465 e. The molecule has 0 saturated carbocycles. The van der Waals surface area contributed by atoms with Crippen molar-refractivity contribution in [1.82, 2.24) is 9.80 Å². The standard InChI is InChI=1S/C18H18N2O4.ClH/c1-19(2)9-10-20-16(21)13-6-4-5-11-12(18(23)24-3)7-8-14(15(11)13)17(20)22;/h4-8H,9-10H2,1-3H3;1H. The van der Waals surface area contributed by atoms with Gasteiger partial charge in [-0.25, -0.2) is 4.79 Å². The number of likely N-dealkylation sites (N-methyl/N-ethyl adjacent to an activating group) is 1. The molecule has 0 fully saturated rings. The normalized spacial score (nSPS) is 13.2. The Labute approximate surface area is 151 Å². The predicted molar refractivity (Wildman–Crippen MR) is 96.5 cm³/mol. The fourth-order valence-corrected chi connectivity index (χ4v) is 2.94. The smallest absolute Gasteiger partial charge is 0.338 e. The van der Waals surface area contributed by atoms with Crippen LogP contribution in [0.1, 0.15) is 31.1 Å². The molecule has 1 heterocycles. The van der Waals surface area contributed by atoms with E-state index in [0.29, 0.717) is 40.6 Å². The Balaban J connectivity index is 0.00000225. The number of carbonyl (C=O) groups excluding carboxylic acids is 3. The molecule has 7 heteroatoms. The lowest BCUT2D eigenvalue weighted by Crippen LogP contribution is -2.43. The molecule has 0 N–H and O–H groups in total. The van der Waals surface area contributed by atoms with Crippen LogP contribution >= 0.6 is 12.4 Å². The molecule has 0 radical (unpaired) electrons. The Morgan fingerprint density at radius 2 is 1.72 bits per heavy atom. The van der Waals surface area contributed by atoms with Crippen LogP contribution in [0.3, 0.4) is 0 Å². The first-order valence-electron chi connectivity index (χ1n) is 7.60. The number of methoxy groups -OCH3 is 1. The molecule has 0 aliphatic carbocycles. The highest BCUT2D eigenvalue weighted by Gasteiger charge is 2.33. The quantitative estimate of drug-likeness (QED) is 0.616. The second-order valence-electron chi connectivity index (χ2n) is 5.95. The second kappa shape index (κ2) is 7.21. The summed E-state index contributed by atoms with van der Waals surface area (Å²) in [4.78, 5) is 40.6. The summed E-state index contributed by atoms with van der Waals surface area (Å²) in [5.74, 6) is -1.16. The molecule has 1 aliphatic heterocycles. The van der Waals surface area contributed by atoms with E-state index in [1.807, 2.05) is 19.0 Å². The Morgan fingerprint density at radius 3 is 2.32 bits per heavy atom. The molecule has 0 saturated heterocycles. The van der Waals surface area contributed by atoms with Gasteiger partial charge >= 0.3 is 5.97 Å². The molecule has 0 spiro atoms. The van der Waals surface area contributed by atoms with Crippen LogP contribution < -0.4 is 0 Å². The Hall–Kier alpha value is -2.44. The summed E-state index contributed by atoms with van der Waals surface area (Å²) in [7, 11) is 5.07. The molecule has 3 rings (SSSR count). The van der Waals surface area contributed by atoms with Crippen LogP contribution in [0, 0.1) is 0 Å². The minimum absolute atomic E-state index is 0. The van der Waals surface area contributed by atoms with E-state index in [4.69, 9.17) is 4.74 Å². The first-order chi connectivity index (χ1) is 11.5. The van der Waals surface area contributed by atoms with Gasteiger partial charge in [0.15, 0.2) is 0 Å². The molecular formula is C18H19ClN2O4. The van der Waals surface area contributed by atoms with Crippen LogP contribution in [-0.4, -0.2) is 61.9 Å². The highest BCUT2D eigenvalue weighted by molar-refractivity contribution is 6.27. The number of hydrogen-bond donors (Lipinski definition) is 0. The van der Waals surface area contributed by atoms with E-state index in [2.05, 4.69) is 0 Å². The maximum Gasteiger partial charge on any atom is 0.338 e. The first kappa shape index (κ1) is 18.9. The molecule has 0 bridgehead atoms. The summed E-state index contributed by atoms with van der Waals surface area (Å²) in [6, 6.07) is 8.29. The lowest BCUT2D eigenvalue weighted by atomic mass is 9.91. The van der Waals surface area contributed by atoms with E-state index in [1.165, 1.54) is 12.0 Å². The summed E-state index contributed by atoms with van der Waals surface area (Å²) in [5, 5.41) is 1.09. The van der Waals surface area contributed by atoms with E-state index >= 15 is 0 Å². The summed E-state index contributed by atoms with van der Waals surface area (Å²) < 4.78 is 4.79. The highest BCUT2D eigenvalue weighted by Crippen LogP contribution is 2.32. The van der Waals surface area contributed by atoms with Crippen molar-refractivity contribution in [2.45, 2.75) is 0 Å². The number of halogens is 1. The number of amides is 2. The van der Waals surface area contributed by atoms with Crippen molar-refractivity contribution in [1.29, 1.82) is 0 Å². The van der Waals surface area contributed by atoms with Crippen LogP contribution in [0.2, 0.25) is 0 Å². The summed E-state index contributed by atoms with van der Waals surface area (Å²) in [5.41, 5.74) is 1.22. The third-order valence-electron chi connectivity index (χ3n) is 4.17. The maximum atomic E-state index is 12.7. The molecular weight excluding hydrogens is 344 g/mol. The summed E-state index contributed by atoms with van der Waals surface area (Å²) in [6.45, 7) is 0.905. The Morgan fingerprint density at radius 1 is 1.08 bits per heavy atom. The van der Waals surface area contributed by atoms with Gasteiger partial charge in [0, 0.05) is 29.6 Å². The lowest BCUT2D eigenvalue weighted by Gasteiger charge is -2.28. The molecule has 0 aromatic heterocycles. The van der Waals surface area contributed by atoms with E-state index in [9.17, 15) is 14.4 Å². The van der Waals surface area contributed by atoms with Crippen molar-refractivity contribution in [2.75, 3.05) is 34.3 Å². The van der Waals surface area contributed by atoms with Crippen LogP contribution in [0.5, 0.6) is 0 Å². The molecule has 2 aromatic carbocycles. The van der Waals surface area contributed by atoms with Crippen molar-refractivity contribution >= 4 is 41.0 Å². The number of imide groups is 1. The molecule has 6 nitrogen and oxygen atoms in total. The van der Waals surface area contributed by atoms with Gasteiger partial charge in [-0.2, -0.15) is 0 Å². The summed E-state index contributed by atoms with van der Waals surface area (Å²) >= 11 is 0. The van der Waals surface area contributed by atoms with Crippen LogP contribution in [0.4, 0.5) is 0 Å². The molecule has 2 amide bonds. The zero-order valence-corrected chi connectivity index (χ0v) is 15.1. The lowest BCUT2D eigenvalue weighted by molar-refractivity contribution is 0.0586. The average Bonchev–Trinajstić information content (AvgIpc) is 2.58. The van der Waals surface area contributed by atoms with Gasteiger partial charge in [-0.3, -0.25) is 14.5 Å². The number of benzene rings is 2. The average molecular weight is 363 g/mol. The van der Waals surface area contributed by atoms with Crippen molar-refractivity contribution < 1.29 is 19.1 Å². The van der Waals surface area contributed by atoms with Gasteiger partial charge in [0.25, 0.3) is 11.8 Å². The van der Waals surface area contributed by atoms with Crippen molar-refractivity contribution in [3.8, 4) is 0 Å². The van der Waals surface area contributed by atoms with Crippen LogP contribution in [0.15, 0.2) is 30.3 Å². The monoisotopic (exact) mass is 362 g/mol. The van der Waals surface area contributed by atoms with E-state index < -0.39 is 5.97 Å².